The first-order chi connectivity index (χ1) is 6.75. The SMILES string of the molecule is CN(Cc1ccc(Br)s1)c1nnns1. The van der Waals surface area contributed by atoms with Crippen molar-refractivity contribution in [1.82, 2.24) is 14.8 Å². The van der Waals surface area contributed by atoms with Crippen LogP contribution in [0, 0.1) is 0 Å². The molecule has 7 heteroatoms. The van der Waals surface area contributed by atoms with E-state index in [4.69, 9.17) is 0 Å². The summed E-state index contributed by atoms with van der Waals surface area (Å²) in [5, 5.41) is 8.30. The van der Waals surface area contributed by atoms with Gasteiger partial charge in [-0.3, -0.25) is 0 Å². The zero-order chi connectivity index (χ0) is 9.97. The van der Waals surface area contributed by atoms with Crippen LogP contribution in [0.4, 0.5) is 5.13 Å². The Kier molecular flexibility index (Phi) is 3.09. The Balaban J connectivity index is 2.05. The molecule has 2 heterocycles. The number of halogens is 1. The minimum Gasteiger partial charge on any atom is -0.343 e. The van der Waals surface area contributed by atoms with Crippen molar-refractivity contribution >= 4 is 43.9 Å². The monoisotopic (exact) mass is 290 g/mol. The third kappa shape index (κ3) is 2.28. The molecule has 0 aliphatic heterocycles. The molecule has 2 aromatic rings. The normalized spacial score (nSPS) is 10.4. The van der Waals surface area contributed by atoms with Crippen LogP contribution in [0.15, 0.2) is 15.9 Å². The predicted octanol–water partition coefficient (Wildman–Crippen LogP) is 2.39. The summed E-state index contributed by atoms with van der Waals surface area (Å²) in [4.78, 5) is 3.32. The first kappa shape index (κ1) is 10.0. The molecule has 74 valence electrons. The van der Waals surface area contributed by atoms with E-state index in [0.29, 0.717) is 0 Å². The zero-order valence-electron chi connectivity index (χ0n) is 7.35. The summed E-state index contributed by atoms with van der Waals surface area (Å²) in [5.41, 5.74) is 0. The van der Waals surface area contributed by atoms with E-state index in [-0.39, 0.29) is 0 Å². The Morgan fingerprint density at radius 2 is 2.36 bits per heavy atom. The molecule has 0 radical (unpaired) electrons. The highest BCUT2D eigenvalue weighted by molar-refractivity contribution is 9.11. The molecule has 0 atom stereocenters. The topological polar surface area (TPSA) is 41.9 Å². The Labute approximate surface area is 97.9 Å². The second-order valence-corrected chi connectivity index (χ2v) is 5.97. The second-order valence-electron chi connectivity index (χ2n) is 2.71. The van der Waals surface area contributed by atoms with Gasteiger partial charge in [0.2, 0.25) is 5.13 Å². The van der Waals surface area contributed by atoms with E-state index in [1.54, 1.807) is 11.3 Å². The molecule has 0 aliphatic carbocycles. The first-order valence-corrected chi connectivity index (χ1v) is 6.24. The molecule has 2 aromatic heterocycles. The van der Waals surface area contributed by atoms with Gasteiger partial charge in [-0.15, -0.1) is 11.3 Å². The number of rotatable bonds is 3. The third-order valence-corrected chi connectivity index (χ3v) is 3.96. The van der Waals surface area contributed by atoms with Crippen LogP contribution in [-0.4, -0.2) is 21.8 Å². The molecule has 0 saturated heterocycles. The highest BCUT2D eigenvalue weighted by Crippen LogP contribution is 2.24. The van der Waals surface area contributed by atoms with E-state index >= 15 is 0 Å². The molecular formula is C7H7BrN4S2. The lowest BCUT2D eigenvalue weighted by Gasteiger charge is -2.12. The Morgan fingerprint density at radius 3 is 2.93 bits per heavy atom. The van der Waals surface area contributed by atoms with E-state index in [1.807, 2.05) is 18.0 Å². The van der Waals surface area contributed by atoms with Crippen LogP contribution >= 0.6 is 38.8 Å². The Hall–Kier alpha value is -0.530. The van der Waals surface area contributed by atoms with Gasteiger partial charge in [-0.25, -0.2) is 0 Å². The molecule has 0 aliphatic rings. The first-order valence-electron chi connectivity index (χ1n) is 3.86. The van der Waals surface area contributed by atoms with Crippen molar-refractivity contribution in [3.05, 3.63) is 20.8 Å². The molecule has 0 bridgehead atoms. The maximum atomic E-state index is 3.90. The maximum Gasteiger partial charge on any atom is 0.227 e. The van der Waals surface area contributed by atoms with E-state index in [2.05, 4.69) is 36.8 Å². The molecule has 0 amide bonds. The van der Waals surface area contributed by atoms with Gasteiger partial charge in [-0.2, -0.15) is 0 Å². The van der Waals surface area contributed by atoms with Crippen LogP contribution in [0.2, 0.25) is 0 Å². The molecule has 0 saturated carbocycles. The highest BCUT2D eigenvalue weighted by atomic mass is 79.9. The Morgan fingerprint density at radius 1 is 1.50 bits per heavy atom. The quantitative estimate of drug-likeness (QED) is 0.871. The third-order valence-electron chi connectivity index (χ3n) is 1.64. The minimum atomic E-state index is 0.840. The molecule has 0 N–H and O–H groups in total. The molecule has 14 heavy (non-hydrogen) atoms. The van der Waals surface area contributed by atoms with Crippen molar-refractivity contribution < 1.29 is 0 Å². The summed E-state index contributed by atoms with van der Waals surface area (Å²) in [6, 6.07) is 4.14. The Bertz CT molecular complexity index is 399. The lowest BCUT2D eigenvalue weighted by atomic mass is 10.4. The van der Waals surface area contributed by atoms with Gasteiger partial charge in [-0.1, -0.05) is 9.59 Å². The largest absolute Gasteiger partial charge is 0.343 e. The minimum absolute atomic E-state index is 0.840. The summed E-state index contributed by atoms with van der Waals surface area (Å²) < 4.78 is 4.87. The smallest absolute Gasteiger partial charge is 0.227 e. The number of anilines is 1. The number of thiophene rings is 1. The molecule has 0 fully saturated rings. The molecule has 0 unspecified atom stereocenters. The number of aromatic nitrogens is 3. The molecule has 4 nitrogen and oxygen atoms in total. The summed E-state index contributed by atoms with van der Waals surface area (Å²) in [6.07, 6.45) is 0. The van der Waals surface area contributed by atoms with Gasteiger partial charge in [0.1, 0.15) is 0 Å². The summed E-state index contributed by atoms with van der Waals surface area (Å²) in [7, 11) is 1.98. The van der Waals surface area contributed by atoms with E-state index < -0.39 is 0 Å². The number of hydrogen-bond acceptors (Lipinski definition) is 6. The van der Waals surface area contributed by atoms with Gasteiger partial charge in [0, 0.05) is 23.5 Å². The van der Waals surface area contributed by atoms with Gasteiger partial charge in [-0.05, 0) is 33.3 Å². The van der Waals surface area contributed by atoms with E-state index in [1.165, 1.54) is 16.4 Å². The van der Waals surface area contributed by atoms with Crippen molar-refractivity contribution in [2.45, 2.75) is 6.54 Å². The highest BCUT2D eigenvalue weighted by Gasteiger charge is 2.07. The predicted molar refractivity (Wildman–Crippen MR) is 61.8 cm³/mol. The maximum absolute atomic E-state index is 3.90. The number of nitrogens with zero attached hydrogens (tertiary/aromatic N) is 4. The lowest BCUT2D eigenvalue weighted by molar-refractivity contribution is 0.882. The van der Waals surface area contributed by atoms with Crippen LogP contribution < -0.4 is 4.90 Å². The van der Waals surface area contributed by atoms with Crippen molar-refractivity contribution in [1.29, 1.82) is 0 Å². The zero-order valence-corrected chi connectivity index (χ0v) is 10.6. The summed E-state index contributed by atoms with van der Waals surface area (Å²) in [6.45, 7) is 0.840. The van der Waals surface area contributed by atoms with Gasteiger partial charge in [0.25, 0.3) is 0 Å². The lowest BCUT2D eigenvalue weighted by Crippen LogP contribution is -2.15. The van der Waals surface area contributed by atoms with Crippen molar-refractivity contribution in [2.75, 3.05) is 11.9 Å². The molecular weight excluding hydrogens is 284 g/mol. The van der Waals surface area contributed by atoms with Crippen LogP contribution in [0.5, 0.6) is 0 Å². The fourth-order valence-corrected chi connectivity index (χ4v) is 2.97. The van der Waals surface area contributed by atoms with Gasteiger partial charge >= 0.3 is 0 Å². The van der Waals surface area contributed by atoms with Crippen LogP contribution in [0.1, 0.15) is 4.88 Å². The van der Waals surface area contributed by atoms with Gasteiger partial charge < -0.3 is 4.90 Å². The molecule has 0 aromatic carbocycles. The van der Waals surface area contributed by atoms with Crippen LogP contribution in [0.3, 0.4) is 0 Å². The van der Waals surface area contributed by atoms with Crippen LogP contribution in [0.25, 0.3) is 0 Å². The van der Waals surface area contributed by atoms with Crippen molar-refractivity contribution in [3.63, 3.8) is 0 Å². The van der Waals surface area contributed by atoms with Crippen molar-refractivity contribution in [3.8, 4) is 0 Å². The van der Waals surface area contributed by atoms with E-state index in [0.717, 1.165) is 15.5 Å². The van der Waals surface area contributed by atoms with Crippen LogP contribution in [-0.2, 0) is 6.54 Å². The van der Waals surface area contributed by atoms with E-state index in [9.17, 15) is 0 Å². The fraction of sp³-hybridized carbons (Fsp3) is 0.286. The second kappa shape index (κ2) is 4.33. The van der Waals surface area contributed by atoms with Gasteiger partial charge in [0.15, 0.2) is 0 Å². The number of hydrogen-bond donors (Lipinski definition) is 0. The van der Waals surface area contributed by atoms with Gasteiger partial charge in [0.05, 0.1) is 10.3 Å². The summed E-state index contributed by atoms with van der Waals surface area (Å²) in [5.74, 6) is 0. The molecule has 2 rings (SSSR count). The standard InChI is InChI=1S/C7H7BrN4S2/c1-12(7-9-10-11-14-7)4-5-2-3-6(8)13-5/h2-3H,4H2,1H3. The average molecular weight is 291 g/mol. The molecule has 0 spiro atoms. The average Bonchev–Trinajstić information content (AvgIpc) is 2.75. The fourth-order valence-electron chi connectivity index (χ4n) is 1.01. The summed E-state index contributed by atoms with van der Waals surface area (Å²) >= 11 is 6.46. The van der Waals surface area contributed by atoms with Crippen molar-refractivity contribution in [2.24, 2.45) is 0 Å².